The van der Waals surface area contributed by atoms with Crippen molar-refractivity contribution in [1.29, 1.82) is 0 Å². The Bertz CT molecular complexity index is 620. The lowest BCUT2D eigenvalue weighted by Crippen LogP contribution is -2.52. The zero-order chi connectivity index (χ0) is 22.4. The van der Waals surface area contributed by atoms with Gasteiger partial charge in [-0.1, -0.05) is 112 Å². The quantitative estimate of drug-likeness (QED) is 0.206. The third-order valence-electron chi connectivity index (χ3n) is 5.13. The normalized spacial score (nSPS) is 17.0. The van der Waals surface area contributed by atoms with Crippen LogP contribution < -0.4 is 5.43 Å². The number of rotatable bonds is 15. The van der Waals surface area contributed by atoms with Crippen LogP contribution in [-0.2, 0) is 4.79 Å². The maximum Gasteiger partial charge on any atom is 0.258 e. The smallest absolute Gasteiger partial charge is 0.258 e. The van der Waals surface area contributed by atoms with Crippen molar-refractivity contribution in [3.63, 3.8) is 0 Å². The van der Waals surface area contributed by atoms with E-state index < -0.39 is 0 Å². The number of nitrogens with zero attached hydrogens (tertiary/aromatic N) is 2. The van der Waals surface area contributed by atoms with Crippen LogP contribution in [0, 0.1) is 0 Å². The summed E-state index contributed by atoms with van der Waals surface area (Å²) in [7, 11) is 2.10. The molecule has 0 aromatic rings. The Balaban J connectivity index is 2.03. The minimum atomic E-state index is -0.0803. The summed E-state index contributed by atoms with van der Waals surface area (Å²) in [5.41, 5.74) is 2.90. The molecule has 0 saturated carbocycles. The molecule has 1 amide bonds. The molecule has 0 aliphatic carbocycles. The van der Waals surface area contributed by atoms with Gasteiger partial charge in [-0.2, -0.15) is 0 Å². The fourth-order valence-electron chi connectivity index (χ4n) is 3.16. The summed E-state index contributed by atoms with van der Waals surface area (Å²) >= 11 is 0. The second kappa shape index (κ2) is 19.8. The third kappa shape index (κ3) is 17.2. The van der Waals surface area contributed by atoms with Crippen molar-refractivity contribution in [2.24, 2.45) is 0 Å². The number of amides is 1. The van der Waals surface area contributed by atoms with Crippen molar-refractivity contribution in [2.45, 2.75) is 58.3 Å². The summed E-state index contributed by atoms with van der Waals surface area (Å²) in [6.45, 7) is 5.95. The fourth-order valence-corrected chi connectivity index (χ4v) is 3.16. The molecule has 1 aliphatic heterocycles. The van der Waals surface area contributed by atoms with Gasteiger partial charge in [0.25, 0.3) is 5.91 Å². The van der Waals surface area contributed by atoms with Crippen LogP contribution in [0.15, 0.2) is 72.9 Å². The molecule has 0 aromatic carbocycles. The molecular weight excluding hydrogens is 382 g/mol. The van der Waals surface area contributed by atoms with E-state index in [1.54, 1.807) is 12.2 Å². The molecule has 1 heterocycles. The van der Waals surface area contributed by atoms with Crippen LogP contribution in [0.3, 0.4) is 0 Å². The Morgan fingerprint density at radius 3 is 1.84 bits per heavy atom. The Kier molecular flexibility index (Phi) is 17.1. The zero-order valence-electron chi connectivity index (χ0n) is 19.7. The molecule has 0 unspecified atom stereocenters. The molecule has 31 heavy (non-hydrogen) atoms. The molecule has 0 spiro atoms. The molecule has 4 nitrogen and oxygen atoms in total. The van der Waals surface area contributed by atoms with Crippen LogP contribution in [-0.4, -0.2) is 49.0 Å². The highest BCUT2D eigenvalue weighted by Gasteiger charge is 2.14. The Labute approximate surface area is 190 Å². The number of piperazine rings is 1. The summed E-state index contributed by atoms with van der Waals surface area (Å²) in [5.74, 6) is -0.0803. The van der Waals surface area contributed by atoms with Crippen molar-refractivity contribution in [3.8, 4) is 0 Å². The molecule has 4 heteroatoms. The van der Waals surface area contributed by atoms with Crippen molar-refractivity contribution in [3.05, 3.63) is 72.9 Å². The van der Waals surface area contributed by atoms with E-state index in [1.165, 1.54) is 51.4 Å². The number of carbonyl (C=O) groups excluding carboxylic acids is 1. The number of hydrazine groups is 1. The Morgan fingerprint density at radius 1 is 0.710 bits per heavy atom. The molecule has 1 aliphatic rings. The Morgan fingerprint density at radius 2 is 1.23 bits per heavy atom. The van der Waals surface area contributed by atoms with E-state index in [1.807, 2.05) is 47.5 Å². The average molecular weight is 426 g/mol. The van der Waals surface area contributed by atoms with E-state index in [0.29, 0.717) is 0 Å². The zero-order valence-corrected chi connectivity index (χ0v) is 19.7. The van der Waals surface area contributed by atoms with Crippen LogP contribution in [0.4, 0.5) is 0 Å². The van der Waals surface area contributed by atoms with Gasteiger partial charge in [-0.15, -0.1) is 0 Å². The molecule has 0 bridgehead atoms. The first-order valence-electron chi connectivity index (χ1n) is 12.0. The molecule has 1 fully saturated rings. The van der Waals surface area contributed by atoms with Gasteiger partial charge in [0.2, 0.25) is 0 Å². The second-order valence-electron chi connectivity index (χ2n) is 8.00. The van der Waals surface area contributed by atoms with Gasteiger partial charge in [0.05, 0.1) is 0 Å². The minimum Gasteiger partial charge on any atom is -0.304 e. The number of likely N-dealkylation sites (N-methyl/N-ethyl adjacent to an activating group) is 1. The van der Waals surface area contributed by atoms with E-state index in [9.17, 15) is 4.79 Å². The standard InChI is InChI=1S/C27H43N3O/c1-3-4-5-6-7-8-9-10-11-12-13-14-15-16-17-18-19-20-21-22-27(31)28-30-25-23-29(2)24-26-30/h11-22H,3-10,23-26H2,1-2H3,(H,28,31)/b12-11-,14-13-,16-15+,18-17-,20-19-,22-21+. The van der Waals surface area contributed by atoms with Crippen LogP contribution in [0.2, 0.25) is 0 Å². The van der Waals surface area contributed by atoms with E-state index in [2.05, 4.69) is 42.5 Å². The van der Waals surface area contributed by atoms with E-state index in [4.69, 9.17) is 0 Å². The van der Waals surface area contributed by atoms with Crippen molar-refractivity contribution in [1.82, 2.24) is 15.3 Å². The minimum absolute atomic E-state index is 0.0803. The maximum atomic E-state index is 11.8. The van der Waals surface area contributed by atoms with Crippen LogP contribution >= 0.6 is 0 Å². The number of unbranched alkanes of at least 4 members (excludes halogenated alkanes) is 7. The van der Waals surface area contributed by atoms with Crippen molar-refractivity contribution >= 4 is 5.91 Å². The SMILES string of the molecule is CCCCCCCCC\C=C/C=C\C=C\C=C/C=C\C=C\C(=O)NN1CCN(C)CC1. The van der Waals surface area contributed by atoms with Crippen LogP contribution in [0.5, 0.6) is 0 Å². The lowest BCUT2D eigenvalue weighted by atomic mass is 10.1. The summed E-state index contributed by atoms with van der Waals surface area (Å²) in [5, 5.41) is 1.97. The highest BCUT2D eigenvalue weighted by atomic mass is 16.2. The van der Waals surface area contributed by atoms with Crippen molar-refractivity contribution in [2.75, 3.05) is 33.2 Å². The summed E-state index contributed by atoms with van der Waals surface area (Å²) in [6, 6.07) is 0. The average Bonchev–Trinajstić information content (AvgIpc) is 2.77. The first-order chi connectivity index (χ1) is 15.2. The molecule has 172 valence electrons. The van der Waals surface area contributed by atoms with Gasteiger partial charge in [0, 0.05) is 32.3 Å². The first-order valence-corrected chi connectivity index (χ1v) is 12.0. The topological polar surface area (TPSA) is 35.6 Å². The number of allylic oxidation sites excluding steroid dienone is 11. The molecule has 0 aromatic heterocycles. The van der Waals surface area contributed by atoms with Gasteiger partial charge < -0.3 is 4.90 Å². The molecule has 1 rings (SSSR count). The van der Waals surface area contributed by atoms with Crippen molar-refractivity contribution < 1.29 is 4.79 Å². The summed E-state index contributed by atoms with van der Waals surface area (Å²) in [4.78, 5) is 14.1. The number of nitrogens with one attached hydrogen (secondary N) is 1. The second-order valence-corrected chi connectivity index (χ2v) is 8.00. The molecule has 0 radical (unpaired) electrons. The summed E-state index contributed by atoms with van der Waals surface area (Å²) < 4.78 is 0. The first kappa shape index (κ1) is 26.9. The molecule has 1 N–H and O–H groups in total. The third-order valence-corrected chi connectivity index (χ3v) is 5.13. The van der Waals surface area contributed by atoms with Gasteiger partial charge in [0.1, 0.15) is 0 Å². The predicted octanol–water partition coefficient (Wildman–Crippen LogP) is 5.74. The van der Waals surface area contributed by atoms with Crippen LogP contribution in [0.25, 0.3) is 0 Å². The highest BCUT2D eigenvalue weighted by molar-refractivity contribution is 5.87. The fraction of sp³-hybridized carbons (Fsp3) is 0.519. The van der Waals surface area contributed by atoms with Crippen LogP contribution in [0.1, 0.15) is 58.3 Å². The summed E-state index contributed by atoms with van der Waals surface area (Å²) in [6.07, 6.45) is 34.2. The highest BCUT2D eigenvalue weighted by Crippen LogP contribution is 2.08. The van der Waals surface area contributed by atoms with Gasteiger partial charge in [0.15, 0.2) is 0 Å². The lowest BCUT2D eigenvalue weighted by molar-refractivity contribution is -0.121. The Hall–Kier alpha value is -2.17. The van der Waals surface area contributed by atoms with E-state index >= 15 is 0 Å². The van der Waals surface area contributed by atoms with Gasteiger partial charge in [-0.3, -0.25) is 10.2 Å². The van der Waals surface area contributed by atoms with E-state index in [0.717, 1.165) is 26.2 Å². The lowest BCUT2D eigenvalue weighted by Gasteiger charge is -2.31. The maximum absolute atomic E-state index is 11.8. The van der Waals surface area contributed by atoms with Gasteiger partial charge in [-0.05, 0) is 19.9 Å². The molecule has 1 saturated heterocycles. The number of carbonyl (C=O) groups is 1. The largest absolute Gasteiger partial charge is 0.304 e. The monoisotopic (exact) mass is 425 g/mol. The molecular formula is C27H43N3O. The van der Waals surface area contributed by atoms with E-state index in [-0.39, 0.29) is 5.91 Å². The number of hydrogen-bond donors (Lipinski definition) is 1. The van der Waals surface area contributed by atoms with Gasteiger partial charge in [-0.25, -0.2) is 5.01 Å². The number of hydrogen-bond acceptors (Lipinski definition) is 3. The molecule has 0 atom stereocenters. The predicted molar refractivity (Wildman–Crippen MR) is 135 cm³/mol. The van der Waals surface area contributed by atoms with Gasteiger partial charge >= 0.3 is 0 Å².